The summed E-state index contributed by atoms with van der Waals surface area (Å²) in [6.45, 7) is 8.20. The van der Waals surface area contributed by atoms with Crippen molar-refractivity contribution in [2.75, 3.05) is 5.32 Å². The Kier molecular flexibility index (Phi) is 6.33. The minimum Gasteiger partial charge on any atom is -0.321 e. The Morgan fingerprint density at radius 2 is 1.54 bits per heavy atom. The number of amides is 1. The van der Waals surface area contributed by atoms with Crippen molar-refractivity contribution in [3.63, 3.8) is 0 Å². The van der Waals surface area contributed by atoms with E-state index in [0.717, 1.165) is 53.8 Å². The average Bonchev–Trinajstić information content (AvgIpc) is 2.79. The molecule has 5 nitrogen and oxygen atoms in total. The van der Waals surface area contributed by atoms with Crippen molar-refractivity contribution in [3.05, 3.63) is 59.2 Å². The number of hydrogen-bond acceptors (Lipinski definition) is 3. The molecule has 188 valence electrons. The zero-order chi connectivity index (χ0) is 25.0. The highest BCUT2D eigenvalue weighted by molar-refractivity contribution is 7.89. The van der Waals surface area contributed by atoms with Crippen LogP contribution in [0.25, 0.3) is 0 Å². The molecule has 0 aromatic heterocycles. The Labute approximate surface area is 210 Å². The second-order valence-electron chi connectivity index (χ2n) is 11.8. The van der Waals surface area contributed by atoms with E-state index in [0.29, 0.717) is 5.56 Å². The van der Waals surface area contributed by atoms with Gasteiger partial charge in [0.1, 0.15) is 0 Å². The molecule has 2 aromatic carbocycles. The van der Waals surface area contributed by atoms with Crippen LogP contribution < -0.4 is 10.0 Å². The summed E-state index contributed by atoms with van der Waals surface area (Å²) in [6, 6.07) is 12.3. The SMILES string of the molecule is Cc1cccc(C(C)C)c1NC(=O)c1cccc(S(=O)(=O)N[C@@H](C)C23CC4CC(CC(C4)C2)C3)c1. The van der Waals surface area contributed by atoms with E-state index in [1.807, 2.05) is 32.0 Å². The minimum absolute atomic E-state index is 0.0783. The molecule has 4 fully saturated rings. The number of carbonyl (C=O) groups is 1. The van der Waals surface area contributed by atoms with Gasteiger partial charge in [0.2, 0.25) is 10.0 Å². The van der Waals surface area contributed by atoms with Gasteiger partial charge >= 0.3 is 0 Å². The number of sulfonamides is 1. The fourth-order valence-electron chi connectivity index (χ4n) is 7.47. The van der Waals surface area contributed by atoms with Crippen LogP contribution in [0.2, 0.25) is 0 Å². The molecule has 4 saturated carbocycles. The summed E-state index contributed by atoms with van der Waals surface area (Å²) >= 11 is 0. The topological polar surface area (TPSA) is 75.3 Å². The average molecular weight is 495 g/mol. The standard InChI is InChI=1S/C29H38N2O3S/c1-18(2)26-10-5-7-19(3)27(26)30-28(32)24-8-6-9-25(14-24)35(33,34)31-20(4)29-15-21-11-22(16-29)13-23(12-21)17-29/h5-10,14,18,20-23,31H,11-13,15-17H2,1-4H3,(H,30,32)/t20-,21?,22?,23?,29?/m0/s1. The molecule has 4 bridgehead atoms. The number of hydrogen-bond donors (Lipinski definition) is 2. The summed E-state index contributed by atoms with van der Waals surface area (Å²) < 4.78 is 29.9. The van der Waals surface area contributed by atoms with Gasteiger partial charge in [0.25, 0.3) is 5.91 Å². The summed E-state index contributed by atoms with van der Waals surface area (Å²) in [6.07, 6.45) is 7.40. The lowest BCUT2D eigenvalue weighted by atomic mass is 9.48. The molecule has 0 heterocycles. The maximum absolute atomic E-state index is 13.4. The number of aryl methyl sites for hydroxylation is 1. The molecule has 2 N–H and O–H groups in total. The number of rotatable bonds is 7. The quantitative estimate of drug-likeness (QED) is 0.477. The third kappa shape index (κ3) is 4.67. The highest BCUT2D eigenvalue weighted by Crippen LogP contribution is 2.61. The van der Waals surface area contributed by atoms with Crippen LogP contribution in [0.3, 0.4) is 0 Å². The van der Waals surface area contributed by atoms with Crippen LogP contribution in [0.15, 0.2) is 47.4 Å². The van der Waals surface area contributed by atoms with Gasteiger partial charge in [-0.3, -0.25) is 4.79 Å². The van der Waals surface area contributed by atoms with Crippen LogP contribution in [-0.4, -0.2) is 20.4 Å². The number of anilines is 1. The van der Waals surface area contributed by atoms with Gasteiger partial charge in [0.15, 0.2) is 0 Å². The van der Waals surface area contributed by atoms with Gasteiger partial charge in [-0.2, -0.15) is 0 Å². The Morgan fingerprint density at radius 3 is 2.14 bits per heavy atom. The van der Waals surface area contributed by atoms with Crippen molar-refractivity contribution >= 4 is 21.6 Å². The maximum atomic E-state index is 13.4. The smallest absolute Gasteiger partial charge is 0.255 e. The molecular formula is C29H38N2O3S. The van der Waals surface area contributed by atoms with Crippen LogP contribution in [0.4, 0.5) is 5.69 Å². The number of para-hydroxylation sites is 1. The minimum atomic E-state index is -3.74. The Balaban J connectivity index is 1.34. The normalized spacial score (nSPS) is 28.3. The predicted molar refractivity (Wildman–Crippen MR) is 140 cm³/mol. The molecule has 0 radical (unpaired) electrons. The lowest BCUT2D eigenvalue weighted by molar-refractivity contribution is -0.0666. The molecule has 1 amide bonds. The largest absolute Gasteiger partial charge is 0.321 e. The first kappa shape index (κ1) is 24.5. The first-order chi connectivity index (χ1) is 16.6. The number of benzene rings is 2. The first-order valence-electron chi connectivity index (χ1n) is 13.1. The van der Waals surface area contributed by atoms with Crippen molar-refractivity contribution < 1.29 is 13.2 Å². The van der Waals surface area contributed by atoms with Crippen molar-refractivity contribution in [3.8, 4) is 0 Å². The Bertz CT molecular complexity index is 1200. The van der Waals surface area contributed by atoms with Crippen molar-refractivity contribution in [2.45, 2.75) is 83.1 Å². The van der Waals surface area contributed by atoms with Gasteiger partial charge in [-0.05, 0) is 111 Å². The van der Waals surface area contributed by atoms with E-state index < -0.39 is 10.0 Å². The number of nitrogens with one attached hydrogen (secondary N) is 2. The van der Waals surface area contributed by atoms with E-state index >= 15 is 0 Å². The molecule has 1 atom stereocenters. The fourth-order valence-corrected chi connectivity index (χ4v) is 8.86. The summed E-state index contributed by atoms with van der Waals surface area (Å²) in [5, 5.41) is 3.03. The summed E-state index contributed by atoms with van der Waals surface area (Å²) in [7, 11) is -3.74. The Morgan fingerprint density at radius 1 is 0.943 bits per heavy atom. The van der Waals surface area contributed by atoms with Gasteiger partial charge in [-0.25, -0.2) is 13.1 Å². The second-order valence-corrected chi connectivity index (χ2v) is 13.5. The van der Waals surface area contributed by atoms with E-state index in [4.69, 9.17) is 0 Å². The van der Waals surface area contributed by atoms with Gasteiger partial charge in [0, 0.05) is 17.3 Å². The highest BCUT2D eigenvalue weighted by atomic mass is 32.2. The Hall–Kier alpha value is -2.18. The number of carbonyl (C=O) groups excluding carboxylic acids is 1. The molecule has 6 heteroatoms. The zero-order valence-corrected chi connectivity index (χ0v) is 22.1. The predicted octanol–water partition coefficient (Wildman–Crippen LogP) is 6.25. The van der Waals surface area contributed by atoms with Crippen LogP contribution in [0.1, 0.15) is 86.7 Å². The van der Waals surface area contributed by atoms with Gasteiger partial charge < -0.3 is 5.32 Å². The molecule has 2 aromatic rings. The first-order valence-corrected chi connectivity index (χ1v) is 14.6. The molecule has 4 aliphatic rings. The lowest BCUT2D eigenvalue weighted by Crippen LogP contribution is -2.55. The van der Waals surface area contributed by atoms with Gasteiger partial charge in [0.05, 0.1) is 4.90 Å². The van der Waals surface area contributed by atoms with E-state index in [2.05, 4.69) is 23.9 Å². The van der Waals surface area contributed by atoms with Crippen molar-refractivity contribution in [1.29, 1.82) is 0 Å². The van der Waals surface area contributed by atoms with Crippen LogP contribution in [0, 0.1) is 30.1 Å². The van der Waals surface area contributed by atoms with Gasteiger partial charge in [-0.15, -0.1) is 0 Å². The van der Waals surface area contributed by atoms with E-state index in [-0.39, 0.29) is 28.2 Å². The molecule has 0 unspecified atom stereocenters. The second kappa shape index (κ2) is 9.04. The molecule has 0 aliphatic heterocycles. The highest BCUT2D eigenvalue weighted by Gasteiger charge is 2.53. The van der Waals surface area contributed by atoms with E-state index in [1.165, 1.54) is 25.3 Å². The summed E-state index contributed by atoms with van der Waals surface area (Å²) in [5.74, 6) is 2.24. The summed E-state index contributed by atoms with van der Waals surface area (Å²) in [5.41, 5.74) is 3.27. The van der Waals surface area contributed by atoms with Gasteiger partial charge in [-0.1, -0.05) is 38.1 Å². The van der Waals surface area contributed by atoms with Crippen molar-refractivity contribution in [1.82, 2.24) is 4.72 Å². The fraction of sp³-hybridized carbons (Fsp3) is 0.552. The summed E-state index contributed by atoms with van der Waals surface area (Å²) in [4.78, 5) is 13.3. The van der Waals surface area contributed by atoms with E-state index in [9.17, 15) is 13.2 Å². The molecule has 6 rings (SSSR count). The van der Waals surface area contributed by atoms with E-state index in [1.54, 1.807) is 18.2 Å². The lowest BCUT2D eigenvalue weighted by Gasteiger charge is -2.59. The third-order valence-corrected chi connectivity index (χ3v) is 10.4. The zero-order valence-electron chi connectivity index (χ0n) is 21.3. The molecular weight excluding hydrogens is 456 g/mol. The van der Waals surface area contributed by atoms with Crippen LogP contribution >= 0.6 is 0 Å². The third-order valence-electron chi connectivity index (χ3n) is 8.91. The molecule has 0 spiro atoms. The van der Waals surface area contributed by atoms with Crippen LogP contribution in [-0.2, 0) is 10.0 Å². The molecule has 0 saturated heterocycles. The van der Waals surface area contributed by atoms with Crippen LogP contribution in [0.5, 0.6) is 0 Å². The molecule has 35 heavy (non-hydrogen) atoms. The van der Waals surface area contributed by atoms with Crippen molar-refractivity contribution in [2.24, 2.45) is 23.2 Å². The monoisotopic (exact) mass is 494 g/mol. The molecule has 4 aliphatic carbocycles. The maximum Gasteiger partial charge on any atom is 0.255 e.